The fourth-order valence-corrected chi connectivity index (χ4v) is 1.08. The number of nitrogens with one attached hydrogen (secondary N) is 1. The van der Waals surface area contributed by atoms with Crippen LogP contribution in [0, 0.1) is 5.92 Å². The number of anilines is 1. The molecule has 0 bridgehead atoms. The summed E-state index contributed by atoms with van der Waals surface area (Å²) < 4.78 is 0. The van der Waals surface area contributed by atoms with Gasteiger partial charge in [-0.3, -0.25) is 10.1 Å². The number of rotatable bonds is 2. The Balaban J connectivity index is 1.95. The highest BCUT2D eigenvalue weighted by molar-refractivity contribution is 5.93. The first-order valence-electron chi connectivity index (χ1n) is 4.11. The van der Waals surface area contributed by atoms with Gasteiger partial charge in [0.15, 0.2) is 0 Å². The highest BCUT2D eigenvalue weighted by Gasteiger charge is 2.40. The van der Waals surface area contributed by atoms with E-state index in [0.29, 0.717) is 5.95 Å². The second kappa shape index (κ2) is 3.10. The van der Waals surface area contributed by atoms with Crippen molar-refractivity contribution in [3.05, 3.63) is 18.5 Å². The van der Waals surface area contributed by atoms with Crippen LogP contribution in [0.2, 0.25) is 0 Å². The van der Waals surface area contributed by atoms with Gasteiger partial charge in [-0.2, -0.15) is 0 Å². The smallest absolute Gasteiger partial charge is 0.231 e. The Bertz CT molecular complexity index is 313. The van der Waals surface area contributed by atoms with Crippen LogP contribution in [0.5, 0.6) is 0 Å². The van der Waals surface area contributed by atoms with E-state index in [9.17, 15) is 4.79 Å². The average molecular weight is 178 g/mol. The summed E-state index contributed by atoms with van der Waals surface area (Å²) in [6.45, 7) is 0. The molecule has 2 atom stereocenters. The lowest BCUT2D eigenvalue weighted by atomic mass is 10.4. The van der Waals surface area contributed by atoms with Gasteiger partial charge < -0.3 is 5.73 Å². The van der Waals surface area contributed by atoms with Gasteiger partial charge in [0.25, 0.3) is 0 Å². The molecule has 1 fully saturated rings. The standard InChI is InChI=1S/C8H10N4O/c9-6-4-5(6)7(13)12-8-10-2-1-3-11-8/h1-3,5-6H,4,9H2,(H,10,11,12,13). The molecule has 13 heavy (non-hydrogen) atoms. The lowest BCUT2D eigenvalue weighted by Crippen LogP contribution is -2.19. The molecule has 68 valence electrons. The summed E-state index contributed by atoms with van der Waals surface area (Å²) in [7, 11) is 0. The molecule has 1 amide bonds. The van der Waals surface area contributed by atoms with Crippen LogP contribution in [0.1, 0.15) is 6.42 Å². The van der Waals surface area contributed by atoms with Crippen molar-refractivity contribution in [3.8, 4) is 0 Å². The normalized spacial score (nSPS) is 25.3. The zero-order valence-electron chi connectivity index (χ0n) is 6.97. The minimum Gasteiger partial charge on any atom is -0.327 e. The summed E-state index contributed by atoms with van der Waals surface area (Å²) in [6.07, 6.45) is 3.92. The summed E-state index contributed by atoms with van der Waals surface area (Å²) >= 11 is 0. The average Bonchev–Trinajstić information content (AvgIpc) is 2.84. The van der Waals surface area contributed by atoms with Gasteiger partial charge in [0.1, 0.15) is 0 Å². The molecule has 1 aliphatic carbocycles. The van der Waals surface area contributed by atoms with E-state index in [1.54, 1.807) is 18.5 Å². The largest absolute Gasteiger partial charge is 0.327 e. The van der Waals surface area contributed by atoms with E-state index in [2.05, 4.69) is 15.3 Å². The Kier molecular flexibility index (Phi) is 1.94. The molecule has 0 spiro atoms. The van der Waals surface area contributed by atoms with Crippen molar-refractivity contribution in [2.24, 2.45) is 11.7 Å². The van der Waals surface area contributed by atoms with Crippen molar-refractivity contribution < 1.29 is 4.79 Å². The van der Waals surface area contributed by atoms with Crippen LogP contribution in [0.3, 0.4) is 0 Å². The number of carbonyl (C=O) groups excluding carboxylic acids is 1. The van der Waals surface area contributed by atoms with Crippen molar-refractivity contribution >= 4 is 11.9 Å². The van der Waals surface area contributed by atoms with E-state index in [-0.39, 0.29) is 17.9 Å². The molecule has 2 rings (SSSR count). The lowest BCUT2D eigenvalue weighted by molar-refractivity contribution is -0.117. The zero-order valence-corrected chi connectivity index (χ0v) is 6.97. The van der Waals surface area contributed by atoms with Crippen LogP contribution >= 0.6 is 0 Å². The number of hydrogen-bond donors (Lipinski definition) is 2. The molecule has 5 nitrogen and oxygen atoms in total. The van der Waals surface area contributed by atoms with Crippen LogP contribution in [-0.4, -0.2) is 21.9 Å². The predicted octanol–water partition coefficient (Wildman–Crippen LogP) is -0.238. The summed E-state index contributed by atoms with van der Waals surface area (Å²) in [5.74, 6) is 0.203. The minimum absolute atomic E-state index is 0.0173. The second-order valence-corrected chi connectivity index (χ2v) is 3.07. The maximum absolute atomic E-state index is 11.3. The lowest BCUT2D eigenvalue weighted by Gasteiger charge is -2.00. The summed E-state index contributed by atoms with van der Waals surface area (Å²) in [5.41, 5.74) is 5.52. The van der Waals surface area contributed by atoms with Crippen LogP contribution in [-0.2, 0) is 4.79 Å². The van der Waals surface area contributed by atoms with E-state index < -0.39 is 0 Å². The zero-order chi connectivity index (χ0) is 9.26. The van der Waals surface area contributed by atoms with Gasteiger partial charge in [0, 0.05) is 18.4 Å². The van der Waals surface area contributed by atoms with Crippen LogP contribution in [0.15, 0.2) is 18.5 Å². The molecule has 5 heteroatoms. The van der Waals surface area contributed by atoms with Gasteiger partial charge in [-0.1, -0.05) is 0 Å². The van der Waals surface area contributed by atoms with Crippen LogP contribution < -0.4 is 11.1 Å². The van der Waals surface area contributed by atoms with Gasteiger partial charge in [0.2, 0.25) is 11.9 Å². The van der Waals surface area contributed by atoms with E-state index in [1.807, 2.05) is 0 Å². The number of hydrogen-bond acceptors (Lipinski definition) is 4. The van der Waals surface area contributed by atoms with Gasteiger partial charge in [-0.25, -0.2) is 9.97 Å². The third-order valence-corrected chi connectivity index (χ3v) is 1.98. The SMILES string of the molecule is NC1CC1C(=O)Nc1ncccn1. The monoisotopic (exact) mass is 178 g/mol. The Morgan fingerprint density at radius 3 is 2.69 bits per heavy atom. The highest BCUT2D eigenvalue weighted by Crippen LogP contribution is 2.28. The Morgan fingerprint density at radius 2 is 2.15 bits per heavy atom. The van der Waals surface area contributed by atoms with Crippen LogP contribution in [0.25, 0.3) is 0 Å². The third-order valence-electron chi connectivity index (χ3n) is 1.98. The molecule has 0 aromatic carbocycles. The van der Waals surface area contributed by atoms with Gasteiger partial charge in [-0.15, -0.1) is 0 Å². The quantitative estimate of drug-likeness (QED) is 0.655. The van der Waals surface area contributed by atoms with E-state index in [0.717, 1.165) is 6.42 Å². The second-order valence-electron chi connectivity index (χ2n) is 3.07. The van der Waals surface area contributed by atoms with Crippen molar-refractivity contribution in [1.29, 1.82) is 0 Å². The molecule has 1 aromatic rings. The number of carbonyl (C=O) groups is 1. The molecule has 0 aliphatic heterocycles. The van der Waals surface area contributed by atoms with Crippen molar-refractivity contribution in [2.75, 3.05) is 5.32 Å². The van der Waals surface area contributed by atoms with Crippen molar-refractivity contribution in [3.63, 3.8) is 0 Å². The maximum Gasteiger partial charge on any atom is 0.231 e. The van der Waals surface area contributed by atoms with E-state index in [4.69, 9.17) is 5.73 Å². The first kappa shape index (κ1) is 8.12. The molecular formula is C8H10N4O. The van der Waals surface area contributed by atoms with Gasteiger partial charge >= 0.3 is 0 Å². The van der Waals surface area contributed by atoms with Crippen LogP contribution in [0.4, 0.5) is 5.95 Å². The molecule has 0 saturated heterocycles. The summed E-state index contributed by atoms with van der Waals surface area (Å²) in [5, 5.41) is 2.59. The molecule has 1 saturated carbocycles. The van der Waals surface area contributed by atoms with Gasteiger partial charge in [-0.05, 0) is 12.5 Å². The Labute approximate surface area is 75.4 Å². The molecule has 1 aliphatic rings. The van der Waals surface area contributed by atoms with Crippen molar-refractivity contribution in [2.45, 2.75) is 12.5 Å². The number of amides is 1. The first-order valence-corrected chi connectivity index (χ1v) is 4.11. The molecule has 3 N–H and O–H groups in total. The summed E-state index contributed by atoms with van der Waals surface area (Å²) in [4.78, 5) is 19.1. The molecule has 2 unspecified atom stereocenters. The predicted molar refractivity (Wildman–Crippen MR) is 46.7 cm³/mol. The fraction of sp³-hybridized carbons (Fsp3) is 0.375. The Hall–Kier alpha value is -1.49. The summed E-state index contributed by atoms with van der Waals surface area (Å²) in [6, 6.07) is 1.71. The number of nitrogens with zero attached hydrogens (tertiary/aromatic N) is 2. The molecule has 1 aromatic heterocycles. The minimum atomic E-state index is -0.0845. The number of aromatic nitrogens is 2. The van der Waals surface area contributed by atoms with E-state index in [1.165, 1.54) is 0 Å². The number of nitrogens with two attached hydrogens (primary N) is 1. The van der Waals surface area contributed by atoms with Crippen molar-refractivity contribution in [1.82, 2.24) is 9.97 Å². The van der Waals surface area contributed by atoms with Gasteiger partial charge in [0.05, 0.1) is 5.92 Å². The molecule has 0 radical (unpaired) electrons. The van der Waals surface area contributed by atoms with E-state index >= 15 is 0 Å². The molecular weight excluding hydrogens is 168 g/mol. The Morgan fingerprint density at radius 1 is 1.54 bits per heavy atom. The first-order chi connectivity index (χ1) is 6.27. The maximum atomic E-state index is 11.3. The topological polar surface area (TPSA) is 80.9 Å². The fourth-order valence-electron chi connectivity index (χ4n) is 1.08. The third kappa shape index (κ3) is 1.81. The highest BCUT2D eigenvalue weighted by atomic mass is 16.2. The molecule has 1 heterocycles.